The number of benzene rings is 1. The highest BCUT2D eigenvalue weighted by Gasteiger charge is 2.12. The number of hydrogen-bond donors (Lipinski definition) is 2. The van der Waals surface area contributed by atoms with Crippen molar-refractivity contribution in [3.05, 3.63) is 52.2 Å². The maximum atomic E-state index is 5.69. The van der Waals surface area contributed by atoms with Gasteiger partial charge >= 0.3 is 0 Å². The van der Waals surface area contributed by atoms with Crippen molar-refractivity contribution in [1.82, 2.24) is 5.43 Å². The number of rotatable bonds is 7. The summed E-state index contributed by atoms with van der Waals surface area (Å²) in [6.07, 6.45) is 1.91. The molecule has 102 valence electrons. The van der Waals surface area contributed by atoms with Crippen LogP contribution in [0.25, 0.3) is 0 Å². The highest BCUT2D eigenvalue weighted by Crippen LogP contribution is 2.23. The lowest BCUT2D eigenvalue weighted by Crippen LogP contribution is -2.29. The second-order valence-electron chi connectivity index (χ2n) is 4.42. The maximum Gasteiger partial charge on any atom is 0.119 e. The maximum absolute atomic E-state index is 5.69. The molecule has 0 bridgehead atoms. The van der Waals surface area contributed by atoms with Crippen molar-refractivity contribution in [2.24, 2.45) is 5.84 Å². The first kappa shape index (κ1) is 14.1. The topological polar surface area (TPSA) is 47.3 Å². The van der Waals surface area contributed by atoms with Crippen LogP contribution in [0.1, 0.15) is 29.8 Å². The van der Waals surface area contributed by atoms with E-state index in [4.69, 9.17) is 10.6 Å². The fourth-order valence-corrected chi connectivity index (χ4v) is 2.70. The summed E-state index contributed by atoms with van der Waals surface area (Å²) in [5.41, 5.74) is 4.05. The van der Waals surface area contributed by atoms with Crippen molar-refractivity contribution in [3.63, 3.8) is 0 Å². The summed E-state index contributed by atoms with van der Waals surface area (Å²) in [4.78, 5) is 1.32. The Morgan fingerprint density at radius 1 is 1.32 bits per heavy atom. The van der Waals surface area contributed by atoms with Crippen LogP contribution < -0.4 is 16.0 Å². The Morgan fingerprint density at radius 3 is 2.89 bits per heavy atom. The number of hydrazine groups is 1. The van der Waals surface area contributed by atoms with E-state index >= 15 is 0 Å². The Balaban J connectivity index is 2.09. The molecule has 1 aromatic carbocycles. The molecular formula is C15H20N2OS. The number of ether oxygens (including phenoxy) is 1. The molecule has 1 heterocycles. The van der Waals surface area contributed by atoms with Crippen LogP contribution >= 0.6 is 11.3 Å². The van der Waals surface area contributed by atoms with Gasteiger partial charge in [-0.15, -0.1) is 11.3 Å². The minimum Gasteiger partial charge on any atom is -0.494 e. The molecule has 2 aromatic rings. The Hall–Kier alpha value is -1.36. The molecule has 2 rings (SSSR count). The van der Waals surface area contributed by atoms with Crippen LogP contribution in [-0.2, 0) is 6.42 Å². The van der Waals surface area contributed by atoms with Crippen molar-refractivity contribution >= 4 is 11.3 Å². The van der Waals surface area contributed by atoms with Crippen LogP contribution in [-0.4, -0.2) is 6.61 Å². The van der Waals surface area contributed by atoms with Crippen LogP contribution in [0, 0.1) is 0 Å². The third-order valence-electron chi connectivity index (χ3n) is 2.92. The molecule has 0 aliphatic carbocycles. The minimum atomic E-state index is 0.115. The van der Waals surface area contributed by atoms with Gasteiger partial charge in [-0.1, -0.05) is 25.1 Å². The monoisotopic (exact) mass is 276 g/mol. The standard InChI is InChI=1S/C15H20N2OS/c1-2-8-18-13-6-3-5-12(10-13)15(17-16)11-14-7-4-9-19-14/h3-7,9-10,15,17H,2,8,11,16H2,1H3. The lowest BCUT2D eigenvalue weighted by Gasteiger charge is -2.16. The Morgan fingerprint density at radius 2 is 2.21 bits per heavy atom. The van der Waals surface area contributed by atoms with Gasteiger partial charge in [0.15, 0.2) is 0 Å². The van der Waals surface area contributed by atoms with Gasteiger partial charge in [0.25, 0.3) is 0 Å². The van der Waals surface area contributed by atoms with Gasteiger partial charge in [-0.25, -0.2) is 0 Å². The Labute approximate surface area is 118 Å². The van der Waals surface area contributed by atoms with Gasteiger partial charge in [0, 0.05) is 11.3 Å². The van der Waals surface area contributed by atoms with Crippen molar-refractivity contribution in [2.45, 2.75) is 25.8 Å². The molecule has 0 aliphatic heterocycles. The smallest absolute Gasteiger partial charge is 0.119 e. The van der Waals surface area contributed by atoms with E-state index in [1.54, 1.807) is 11.3 Å². The van der Waals surface area contributed by atoms with Crippen LogP contribution in [0.5, 0.6) is 5.75 Å². The number of nitrogens with two attached hydrogens (primary N) is 1. The van der Waals surface area contributed by atoms with Crippen LogP contribution in [0.2, 0.25) is 0 Å². The second kappa shape index (κ2) is 7.28. The van der Waals surface area contributed by atoms with E-state index in [0.29, 0.717) is 0 Å². The summed E-state index contributed by atoms with van der Waals surface area (Å²) in [5, 5.41) is 2.09. The largest absolute Gasteiger partial charge is 0.494 e. The molecule has 1 aromatic heterocycles. The summed E-state index contributed by atoms with van der Waals surface area (Å²) in [7, 11) is 0. The Kier molecular flexibility index (Phi) is 5.39. The molecule has 1 unspecified atom stereocenters. The highest BCUT2D eigenvalue weighted by atomic mass is 32.1. The first-order valence-electron chi connectivity index (χ1n) is 6.54. The molecule has 0 aliphatic rings. The molecule has 3 N–H and O–H groups in total. The van der Waals surface area contributed by atoms with Gasteiger partial charge in [0.2, 0.25) is 0 Å². The van der Waals surface area contributed by atoms with Gasteiger partial charge < -0.3 is 4.74 Å². The van der Waals surface area contributed by atoms with E-state index < -0.39 is 0 Å². The van der Waals surface area contributed by atoms with Gasteiger partial charge in [0.05, 0.1) is 12.6 Å². The zero-order valence-electron chi connectivity index (χ0n) is 11.1. The van der Waals surface area contributed by atoms with Crippen molar-refractivity contribution in [3.8, 4) is 5.75 Å². The molecule has 0 amide bonds. The van der Waals surface area contributed by atoms with Crippen LogP contribution in [0.15, 0.2) is 41.8 Å². The summed E-state index contributed by atoms with van der Waals surface area (Å²) >= 11 is 1.75. The normalized spacial score (nSPS) is 12.3. The predicted molar refractivity (Wildman–Crippen MR) is 80.3 cm³/mol. The molecule has 3 nitrogen and oxygen atoms in total. The lowest BCUT2D eigenvalue weighted by atomic mass is 10.0. The summed E-state index contributed by atoms with van der Waals surface area (Å²) in [5.74, 6) is 6.59. The zero-order chi connectivity index (χ0) is 13.5. The quantitative estimate of drug-likeness (QED) is 0.602. The first-order chi connectivity index (χ1) is 9.33. The third-order valence-corrected chi connectivity index (χ3v) is 3.82. The van der Waals surface area contributed by atoms with Gasteiger partial charge in [0.1, 0.15) is 5.75 Å². The van der Waals surface area contributed by atoms with E-state index in [-0.39, 0.29) is 6.04 Å². The number of nitrogens with one attached hydrogen (secondary N) is 1. The van der Waals surface area contributed by atoms with E-state index in [9.17, 15) is 0 Å². The van der Waals surface area contributed by atoms with Crippen molar-refractivity contribution in [1.29, 1.82) is 0 Å². The van der Waals surface area contributed by atoms with Crippen LogP contribution in [0.4, 0.5) is 0 Å². The van der Waals surface area contributed by atoms with Crippen LogP contribution in [0.3, 0.4) is 0 Å². The second-order valence-corrected chi connectivity index (χ2v) is 5.46. The van der Waals surface area contributed by atoms with Gasteiger partial charge in [-0.3, -0.25) is 11.3 Å². The minimum absolute atomic E-state index is 0.115. The molecular weight excluding hydrogens is 256 g/mol. The number of hydrogen-bond acceptors (Lipinski definition) is 4. The molecule has 0 saturated carbocycles. The van der Waals surface area contributed by atoms with E-state index in [1.165, 1.54) is 4.88 Å². The molecule has 0 fully saturated rings. The third kappa shape index (κ3) is 4.06. The van der Waals surface area contributed by atoms with Crippen molar-refractivity contribution < 1.29 is 4.74 Å². The zero-order valence-corrected chi connectivity index (χ0v) is 12.0. The van der Waals surface area contributed by atoms with Crippen molar-refractivity contribution in [2.75, 3.05) is 6.61 Å². The Bertz CT molecular complexity index is 485. The van der Waals surface area contributed by atoms with Gasteiger partial charge in [-0.05, 0) is 35.6 Å². The van der Waals surface area contributed by atoms with E-state index in [1.807, 2.05) is 12.1 Å². The SMILES string of the molecule is CCCOc1cccc(C(Cc2cccs2)NN)c1. The molecule has 0 spiro atoms. The summed E-state index contributed by atoms with van der Waals surface area (Å²) in [6, 6.07) is 12.5. The van der Waals surface area contributed by atoms with E-state index in [2.05, 4.69) is 42.0 Å². The summed E-state index contributed by atoms with van der Waals surface area (Å²) < 4.78 is 5.66. The van der Waals surface area contributed by atoms with Gasteiger partial charge in [-0.2, -0.15) is 0 Å². The fourth-order valence-electron chi connectivity index (χ4n) is 1.94. The molecule has 0 radical (unpaired) electrons. The molecule has 19 heavy (non-hydrogen) atoms. The fraction of sp³-hybridized carbons (Fsp3) is 0.333. The molecule has 1 atom stereocenters. The molecule has 4 heteroatoms. The highest BCUT2D eigenvalue weighted by molar-refractivity contribution is 7.09. The average Bonchev–Trinajstić information content (AvgIpc) is 2.96. The average molecular weight is 276 g/mol. The number of thiophene rings is 1. The lowest BCUT2D eigenvalue weighted by molar-refractivity contribution is 0.316. The van der Waals surface area contributed by atoms with E-state index in [0.717, 1.165) is 30.8 Å². The first-order valence-corrected chi connectivity index (χ1v) is 7.42. The molecule has 0 saturated heterocycles. The summed E-state index contributed by atoms with van der Waals surface area (Å²) in [6.45, 7) is 2.85. The predicted octanol–water partition coefficient (Wildman–Crippen LogP) is 3.28.